The number of piperidine rings is 1. The Morgan fingerprint density at radius 2 is 1.75 bits per heavy atom. The van der Waals surface area contributed by atoms with Crippen LogP contribution in [0.2, 0.25) is 0 Å². The molecule has 3 rings (SSSR count). The fourth-order valence-corrected chi connectivity index (χ4v) is 4.18. The number of nitrogen functional groups attached to an aromatic ring is 1. The number of likely N-dealkylation sites (tertiary alicyclic amines) is 1. The van der Waals surface area contributed by atoms with Gasteiger partial charge in [0.15, 0.2) is 0 Å². The number of nitrogens with zero attached hydrogens (tertiary/aromatic N) is 1. The highest BCUT2D eigenvalue weighted by atomic mass is 15.2. The Balaban J connectivity index is 1.48. The molecule has 2 N–H and O–H groups in total. The maximum absolute atomic E-state index is 5.74. The second-order valence-corrected chi connectivity index (χ2v) is 6.64. The molecular formula is C18H28N2. The third-order valence-electron chi connectivity index (χ3n) is 5.25. The normalized spacial score (nSPS) is 27.2. The molecule has 110 valence electrons. The second kappa shape index (κ2) is 6.62. The molecule has 0 radical (unpaired) electrons. The molecule has 2 nitrogen and oxygen atoms in total. The Morgan fingerprint density at radius 3 is 2.60 bits per heavy atom. The molecule has 1 aromatic carbocycles. The van der Waals surface area contributed by atoms with E-state index in [0.717, 1.165) is 17.6 Å². The average molecular weight is 272 g/mol. The molecule has 1 aliphatic heterocycles. The van der Waals surface area contributed by atoms with Crippen LogP contribution in [0.4, 0.5) is 5.69 Å². The van der Waals surface area contributed by atoms with E-state index in [0.29, 0.717) is 0 Å². The van der Waals surface area contributed by atoms with Crippen molar-refractivity contribution in [2.45, 2.75) is 57.4 Å². The highest BCUT2D eigenvalue weighted by molar-refractivity contribution is 5.39. The Labute approximate surface area is 123 Å². The van der Waals surface area contributed by atoms with Crippen LogP contribution in [-0.2, 0) is 6.42 Å². The van der Waals surface area contributed by atoms with Gasteiger partial charge in [0.25, 0.3) is 0 Å². The fourth-order valence-electron chi connectivity index (χ4n) is 4.18. The van der Waals surface area contributed by atoms with Gasteiger partial charge in [0, 0.05) is 11.7 Å². The molecule has 0 spiro atoms. The molecule has 1 saturated heterocycles. The SMILES string of the molecule is Nc1ccc(CCCN2CCCC3CCCCC32)cc1. The maximum Gasteiger partial charge on any atom is 0.0314 e. The number of rotatable bonds is 4. The van der Waals surface area contributed by atoms with Gasteiger partial charge in [-0.15, -0.1) is 0 Å². The summed E-state index contributed by atoms with van der Waals surface area (Å²) in [6.07, 6.45) is 11.2. The van der Waals surface area contributed by atoms with E-state index in [9.17, 15) is 0 Å². The molecule has 2 heteroatoms. The van der Waals surface area contributed by atoms with Gasteiger partial charge in [-0.05, 0) is 75.2 Å². The van der Waals surface area contributed by atoms with E-state index in [1.165, 1.54) is 70.0 Å². The van der Waals surface area contributed by atoms with Crippen molar-refractivity contribution in [3.8, 4) is 0 Å². The second-order valence-electron chi connectivity index (χ2n) is 6.64. The molecule has 1 aliphatic carbocycles. The van der Waals surface area contributed by atoms with Crippen molar-refractivity contribution in [1.29, 1.82) is 0 Å². The molecule has 2 aliphatic rings. The van der Waals surface area contributed by atoms with Gasteiger partial charge in [-0.2, -0.15) is 0 Å². The van der Waals surface area contributed by atoms with Gasteiger partial charge in [0.05, 0.1) is 0 Å². The first-order valence-electron chi connectivity index (χ1n) is 8.41. The Kier molecular flexibility index (Phi) is 4.62. The molecule has 0 amide bonds. The predicted molar refractivity (Wildman–Crippen MR) is 85.7 cm³/mol. The van der Waals surface area contributed by atoms with Gasteiger partial charge in [0.1, 0.15) is 0 Å². The van der Waals surface area contributed by atoms with Crippen LogP contribution < -0.4 is 5.73 Å². The highest BCUT2D eigenvalue weighted by Crippen LogP contribution is 2.35. The summed E-state index contributed by atoms with van der Waals surface area (Å²) in [4.78, 5) is 2.80. The summed E-state index contributed by atoms with van der Waals surface area (Å²) in [7, 11) is 0. The molecule has 0 bridgehead atoms. The third-order valence-corrected chi connectivity index (χ3v) is 5.25. The van der Waals surface area contributed by atoms with E-state index in [1.54, 1.807) is 0 Å². The minimum atomic E-state index is 0.870. The van der Waals surface area contributed by atoms with Crippen LogP contribution in [0.15, 0.2) is 24.3 Å². The lowest BCUT2D eigenvalue weighted by atomic mass is 9.78. The fraction of sp³-hybridized carbons (Fsp3) is 0.667. The van der Waals surface area contributed by atoms with Crippen molar-refractivity contribution in [1.82, 2.24) is 4.90 Å². The lowest BCUT2D eigenvalue weighted by Crippen LogP contribution is -2.47. The summed E-state index contributed by atoms with van der Waals surface area (Å²) in [5.74, 6) is 1.01. The lowest BCUT2D eigenvalue weighted by Gasteiger charge is -2.44. The van der Waals surface area contributed by atoms with Crippen LogP contribution in [0.3, 0.4) is 0 Å². The maximum atomic E-state index is 5.74. The molecule has 2 fully saturated rings. The molecular weight excluding hydrogens is 244 g/mol. The molecule has 2 unspecified atom stereocenters. The Morgan fingerprint density at radius 1 is 1.00 bits per heavy atom. The monoisotopic (exact) mass is 272 g/mol. The van der Waals surface area contributed by atoms with Gasteiger partial charge >= 0.3 is 0 Å². The average Bonchev–Trinajstić information content (AvgIpc) is 2.49. The summed E-state index contributed by atoms with van der Waals surface area (Å²) >= 11 is 0. The quantitative estimate of drug-likeness (QED) is 0.843. The number of nitrogens with two attached hydrogens (primary N) is 1. The van der Waals surface area contributed by atoms with E-state index in [1.807, 2.05) is 12.1 Å². The molecule has 1 saturated carbocycles. The number of aryl methyl sites for hydroxylation is 1. The molecule has 20 heavy (non-hydrogen) atoms. The van der Waals surface area contributed by atoms with E-state index >= 15 is 0 Å². The predicted octanol–water partition coefficient (Wildman–Crippen LogP) is 3.86. The number of hydrogen-bond acceptors (Lipinski definition) is 2. The summed E-state index contributed by atoms with van der Waals surface area (Å²) in [5.41, 5.74) is 8.03. The number of anilines is 1. The number of hydrogen-bond donors (Lipinski definition) is 1. The van der Waals surface area contributed by atoms with Crippen LogP contribution in [0.25, 0.3) is 0 Å². The summed E-state index contributed by atoms with van der Waals surface area (Å²) in [6.45, 7) is 2.62. The minimum Gasteiger partial charge on any atom is -0.399 e. The van der Waals surface area contributed by atoms with Gasteiger partial charge < -0.3 is 10.6 Å². The van der Waals surface area contributed by atoms with Crippen LogP contribution in [0.1, 0.15) is 50.5 Å². The van der Waals surface area contributed by atoms with E-state index in [4.69, 9.17) is 5.73 Å². The van der Waals surface area contributed by atoms with Crippen molar-refractivity contribution in [2.75, 3.05) is 18.8 Å². The smallest absolute Gasteiger partial charge is 0.0314 e. The summed E-state index contributed by atoms with van der Waals surface area (Å²) in [6, 6.07) is 9.30. The minimum absolute atomic E-state index is 0.870. The topological polar surface area (TPSA) is 29.3 Å². The van der Waals surface area contributed by atoms with E-state index in [-0.39, 0.29) is 0 Å². The van der Waals surface area contributed by atoms with E-state index in [2.05, 4.69) is 17.0 Å². The molecule has 0 aromatic heterocycles. The number of fused-ring (bicyclic) bond motifs is 1. The van der Waals surface area contributed by atoms with Gasteiger partial charge in [-0.3, -0.25) is 0 Å². The van der Waals surface area contributed by atoms with Crippen molar-refractivity contribution in [3.63, 3.8) is 0 Å². The lowest BCUT2D eigenvalue weighted by molar-refractivity contribution is 0.0602. The zero-order valence-electron chi connectivity index (χ0n) is 12.6. The van der Waals surface area contributed by atoms with Gasteiger partial charge in [0.2, 0.25) is 0 Å². The molecule has 1 aromatic rings. The van der Waals surface area contributed by atoms with Crippen LogP contribution in [-0.4, -0.2) is 24.0 Å². The zero-order valence-corrected chi connectivity index (χ0v) is 12.6. The first-order chi connectivity index (χ1) is 9.83. The van der Waals surface area contributed by atoms with Crippen LogP contribution in [0.5, 0.6) is 0 Å². The largest absolute Gasteiger partial charge is 0.399 e. The first-order valence-corrected chi connectivity index (χ1v) is 8.41. The van der Waals surface area contributed by atoms with E-state index < -0.39 is 0 Å². The molecule has 1 heterocycles. The molecule has 2 atom stereocenters. The van der Waals surface area contributed by atoms with Crippen LogP contribution in [0, 0.1) is 5.92 Å². The first kappa shape index (κ1) is 13.9. The van der Waals surface area contributed by atoms with Gasteiger partial charge in [-0.1, -0.05) is 25.0 Å². The number of benzene rings is 1. The van der Waals surface area contributed by atoms with Gasteiger partial charge in [-0.25, -0.2) is 0 Å². The standard InChI is InChI=1S/C18H28N2/c19-17-11-9-15(10-12-17)5-3-13-20-14-4-7-16-6-1-2-8-18(16)20/h9-12,16,18H,1-8,13-14,19H2. The third kappa shape index (κ3) is 3.35. The van der Waals surface area contributed by atoms with Crippen molar-refractivity contribution in [2.24, 2.45) is 5.92 Å². The summed E-state index contributed by atoms with van der Waals surface area (Å²) < 4.78 is 0. The highest BCUT2D eigenvalue weighted by Gasteiger charge is 2.32. The van der Waals surface area contributed by atoms with Crippen molar-refractivity contribution >= 4 is 5.69 Å². The summed E-state index contributed by atoms with van der Waals surface area (Å²) in [5, 5.41) is 0. The Bertz CT molecular complexity index is 410. The van der Waals surface area contributed by atoms with Crippen LogP contribution >= 0.6 is 0 Å². The van der Waals surface area contributed by atoms with Crippen molar-refractivity contribution in [3.05, 3.63) is 29.8 Å². The van der Waals surface area contributed by atoms with Crippen molar-refractivity contribution < 1.29 is 0 Å². The Hall–Kier alpha value is -1.02. The zero-order chi connectivity index (χ0) is 13.8.